The Labute approximate surface area is 250 Å². The van der Waals surface area contributed by atoms with Gasteiger partial charge in [0.25, 0.3) is 0 Å². The first kappa shape index (κ1) is 32.4. The molecule has 0 fully saturated rings. The van der Waals surface area contributed by atoms with Gasteiger partial charge < -0.3 is 31.7 Å². The Balaban J connectivity index is 2.15. The van der Waals surface area contributed by atoms with Gasteiger partial charge in [-0.05, 0) is 51.6 Å². The standard InChI is InChI=1S/C32H47N5O5/c1-31(2,3)42-30(41)36-26(22-24-16-10-8-11-17-24)27(38)37-32(4,23-25-18-12-9-13-19-25)28(39)34-20-14-6-5-7-15-21-35-29(33)40/h8-13,16-19,26H,5-7,14-15,20-23H2,1-4H3,(H,34,39)(H,36,41)(H,37,38)(H3,33,35,40)/t26-,32-/m0/s1/i4D. The van der Waals surface area contributed by atoms with E-state index >= 15 is 0 Å². The molecule has 0 aromatic heterocycles. The molecule has 0 aliphatic heterocycles. The minimum atomic E-state index is -1.57. The maximum atomic E-state index is 13.8. The number of carbonyl (C=O) groups is 4. The van der Waals surface area contributed by atoms with Crippen LogP contribution in [0.1, 0.15) is 72.3 Å². The SMILES string of the molecule is [2H]C[C@@](Cc1ccccc1)(NC(=O)[C@H](Cc1ccccc1)NC(=O)OC(C)(C)C)C(=O)NCCCCCCCNC(N)=O. The number of urea groups is 1. The number of ether oxygens (including phenoxy) is 1. The van der Waals surface area contributed by atoms with Gasteiger partial charge in [-0.15, -0.1) is 0 Å². The van der Waals surface area contributed by atoms with Crippen molar-refractivity contribution in [1.29, 1.82) is 0 Å². The van der Waals surface area contributed by atoms with Gasteiger partial charge in [0.1, 0.15) is 17.2 Å². The van der Waals surface area contributed by atoms with E-state index in [9.17, 15) is 19.2 Å². The van der Waals surface area contributed by atoms with E-state index in [1.54, 1.807) is 20.8 Å². The molecule has 5 amide bonds. The van der Waals surface area contributed by atoms with Crippen LogP contribution in [-0.2, 0) is 27.2 Å². The largest absolute Gasteiger partial charge is 0.444 e. The third-order valence-electron chi connectivity index (χ3n) is 6.37. The van der Waals surface area contributed by atoms with Crippen LogP contribution in [0.3, 0.4) is 0 Å². The topological polar surface area (TPSA) is 152 Å². The number of hydrogen-bond donors (Lipinski definition) is 5. The van der Waals surface area contributed by atoms with Crippen molar-refractivity contribution in [2.45, 2.75) is 89.8 Å². The van der Waals surface area contributed by atoms with Crippen molar-refractivity contribution >= 4 is 23.9 Å². The Morgan fingerprint density at radius 3 is 1.93 bits per heavy atom. The highest BCUT2D eigenvalue weighted by molar-refractivity contribution is 5.94. The van der Waals surface area contributed by atoms with E-state index in [2.05, 4.69) is 21.3 Å². The summed E-state index contributed by atoms with van der Waals surface area (Å²) < 4.78 is 13.8. The quantitative estimate of drug-likeness (QED) is 0.190. The minimum Gasteiger partial charge on any atom is -0.444 e. The number of nitrogens with one attached hydrogen (secondary N) is 4. The zero-order chi connectivity index (χ0) is 31.7. The van der Waals surface area contributed by atoms with Gasteiger partial charge in [-0.25, -0.2) is 9.59 Å². The summed E-state index contributed by atoms with van der Waals surface area (Å²) in [5.41, 5.74) is 4.33. The molecule has 0 aliphatic rings. The lowest BCUT2D eigenvalue weighted by Gasteiger charge is -2.32. The molecule has 10 nitrogen and oxygen atoms in total. The van der Waals surface area contributed by atoms with Gasteiger partial charge in [0.15, 0.2) is 0 Å². The third-order valence-corrected chi connectivity index (χ3v) is 6.37. The van der Waals surface area contributed by atoms with E-state index in [-0.39, 0.29) is 12.8 Å². The van der Waals surface area contributed by atoms with Crippen LogP contribution in [-0.4, -0.2) is 54.2 Å². The summed E-state index contributed by atoms with van der Waals surface area (Å²) in [5.74, 6) is -1.04. The molecule has 10 heteroatoms. The Morgan fingerprint density at radius 2 is 1.38 bits per heavy atom. The van der Waals surface area contributed by atoms with Crippen molar-refractivity contribution in [3.63, 3.8) is 0 Å². The number of carbonyl (C=O) groups excluding carboxylic acids is 4. The number of rotatable bonds is 16. The van der Waals surface area contributed by atoms with E-state index in [1.165, 1.54) is 0 Å². The highest BCUT2D eigenvalue weighted by Gasteiger charge is 2.37. The molecular weight excluding hydrogens is 534 g/mol. The van der Waals surface area contributed by atoms with Gasteiger partial charge in [-0.1, -0.05) is 79.9 Å². The molecular formula is C32H47N5O5. The predicted octanol–water partition coefficient (Wildman–Crippen LogP) is 3.98. The van der Waals surface area contributed by atoms with Crippen LogP contribution in [0, 0.1) is 0 Å². The van der Waals surface area contributed by atoms with Gasteiger partial charge in [0.2, 0.25) is 11.8 Å². The van der Waals surface area contributed by atoms with E-state index in [0.29, 0.717) is 13.1 Å². The summed E-state index contributed by atoms with van der Waals surface area (Å²) in [6.45, 7) is 5.71. The molecule has 2 rings (SSSR count). The monoisotopic (exact) mass is 582 g/mol. The van der Waals surface area contributed by atoms with Crippen molar-refractivity contribution in [3.8, 4) is 0 Å². The molecule has 0 unspecified atom stereocenters. The van der Waals surface area contributed by atoms with E-state index in [1.807, 2.05) is 60.7 Å². The van der Waals surface area contributed by atoms with Crippen molar-refractivity contribution < 1.29 is 25.3 Å². The summed E-state index contributed by atoms with van der Waals surface area (Å²) in [6.07, 6.45) is 3.78. The predicted molar refractivity (Wildman–Crippen MR) is 164 cm³/mol. The number of unbranched alkanes of at least 4 members (excludes halogenated alkanes) is 4. The molecule has 2 aromatic rings. The smallest absolute Gasteiger partial charge is 0.408 e. The number of benzene rings is 2. The van der Waals surface area contributed by atoms with Crippen LogP contribution in [0.5, 0.6) is 0 Å². The summed E-state index contributed by atoms with van der Waals surface area (Å²) in [5, 5.41) is 11.0. The summed E-state index contributed by atoms with van der Waals surface area (Å²) >= 11 is 0. The molecule has 0 heterocycles. The lowest BCUT2D eigenvalue weighted by molar-refractivity contribution is -0.133. The van der Waals surface area contributed by atoms with Crippen LogP contribution >= 0.6 is 0 Å². The van der Waals surface area contributed by atoms with Gasteiger partial charge in [-0.3, -0.25) is 9.59 Å². The number of hydrogen-bond acceptors (Lipinski definition) is 5. The summed E-state index contributed by atoms with van der Waals surface area (Å²) in [4.78, 5) is 50.9. The summed E-state index contributed by atoms with van der Waals surface area (Å²) in [6, 6.07) is 16.9. The van der Waals surface area contributed by atoms with Crippen molar-refractivity contribution in [2.75, 3.05) is 13.1 Å². The normalized spacial score (nSPS) is 13.5. The molecule has 0 radical (unpaired) electrons. The fourth-order valence-electron chi connectivity index (χ4n) is 4.32. The highest BCUT2D eigenvalue weighted by Crippen LogP contribution is 2.16. The Kier molecular flexibility index (Phi) is 13.1. The van der Waals surface area contributed by atoms with Crippen LogP contribution in [0.25, 0.3) is 0 Å². The molecule has 230 valence electrons. The van der Waals surface area contributed by atoms with E-state index < -0.39 is 48.0 Å². The molecule has 0 spiro atoms. The highest BCUT2D eigenvalue weighted by atomic mass is 16.6. The van der Waals surface area contributed by atoms with Gasteiger partial charge in [-0.2, -0.15) is 0 Å². The first-order valence-corrected chi connectivity index (χ1v) is 14.4. The van der Waals surface area contributed by atoms with Crippen LogP contribution in [0.2, 0.25) is 0 Å². The minimum absolute atomic E-state index is 0.103. The Morgan fingerprint density at radius 1 is 0.833 bits per heavy atom. The van der Waals surface area contributed by atoms with Gasteiger partial charge >= 0.3 is 12.1 Å². The number of amides is 5. The second kappa shape index (κ2) is 17.0. The maximum absolute atomic E-state index is 13.8. The van der Waals surface area contributed by atoms with Crippen molar-refractivity contribution in [3.05, 3.63) is 71.8 Å². The summed E-state index contributed by atoms with van der Waals surface area (Å²) in [7, 11) is 0. The van der Waals surface area contributed by atoms with Gasteiger partial charge in [0.05, 0.1) is 0 Å². The Bertz CT molecular complexity index is 1160. The molecule has 2 atom stereocenters. The molecule has 0 aliphatic carbocycles. The van der Waals surface area contributed by atoms with Gasteiger partial charge in [0, 0.05) is 27.3 Å². The van der Waals surface area contributed by atoms with Crippen LogP contribution < -0.4 is 27.0 Å². The zero-order valence-electron chi connectivity index (χ0n) is 26.0. The molecule has 0 bridgehead atoms. The average molecular weight is 583 g/mol. The second-order valence-electron chi connectivity index (χ2n) is 11.4. The molecule has 2 aromatic carbocycles. The number of nitrogens with two attached hydrogens (primary N) is 1. The second-order valence-corrected chi connectivity index (χ2v) is 11.4. The van der Waals surface area contributed by atoms with Crippen molar-refractivity contribution in [1.82, 2.24) is 21.3 Å². The lowest BCUT2D eigenvalue weighted by atomic mass is 9.90. The molecule has 42 heavy (non-hydrogen) atoms. The van der Waals surface area contributed by atoms with E-state index in [4.69, 9.17) is 11.8 Å². The van der Waals surface area contributed by atoms with Crippen LogP contribution in [0.15, 0.2) is 60.7 Å². The first-order valence-electron chi connectivity index (χ1n) is 15.1. The fourth-order valence-corrected chi connectivity index (χ4v) is 4.32. The first-order chi connectivity index (χ1) is 20.4. The van der Waals surface area contributed by atoms with Crippen molar-refractivity contribution in [2.24, 2.45) is 5.73 Å². The van der Waals surface area contributed by atoms with E-state index in [0.717, 1.165) is 43.2 Å². The Hall–Kier alpha value is -4.08. The number of alkyl carbamates (subject to hydrolysis) is 1. The lowest BCUT2D eigenvalue weighted by Crippen LogP contribution is -2.62. The zero-order valence-corrected chi connectivity index (χ0v) is 25.0. The third kappa shape index (κ3) is 13.5. The maximum Gasteiger partial charge on any atom is 0.408 e. The number of primary amides is 1. The molecule has 6 N–H and O–H groups in total. The molecule has 0 saturated carbocycles. The molecule has 0 saturated heterocycles. The average Bonchev–Trinajstić information content (AvgIpc) is 2.95. The van der Waals surface area contributed by atoms with Crippen LogP contribution in [0.4, 0.5) is 9.59 Å². The fraction of sp³-hybridized carbons (Fsp3) is 0.500.